The molecule has 0 aliphatic rings. The van der Waals surface area contributed by atoms with E-state index in [0.29, 0.717) is 0 Å². The Balaban J connectivity index is 3.49. The number of hydrogen-bond donors (Lipinski definition) is 1. The first-order valence-corrected chi connectivity index (χ1v) is 4.36. The van der Waals surface area contributed by atoms with Crippen molar-refractivity contribution in [1.82, 2.24) is 0 Å². The molecule has 0 aromatic carbocycles. The van der Waals surface area contributed by atoms with E-state index < -0.39 is 16.0 Å². The Morgan fingerprint density at radius 3 is 2.40 bits per heavy atom. The van der Waals surface area contributed by atoms with Crippen LogP contribution in [-0.4, -0.2) is 27.2 Å². The first kappa shape index (κ1) is 9.38. The van der Waals surface area contributed by atoms with Crippen LogP contribution in [0.3, 0.4) is 0 Å². The van der Waals surface area contributed by atoms with Crippen molar-refractivity contribution in [3.8, 4) is 0 Å². The van der Waals surface area contributed by atoms with Gasteiger partial charge in [0.25, 0.3) is 10.1 Å². The Morgan fingerprint density at radius 1 is 1.60 bits per heavy atom. The summed E-state index contributed by atoms with van der Waals surface area (Å²) in [5, 5.41) is 0. The van der Waals surface area contributed by atoms with Gasteiger partial charge in [-0.1, -0.05) is 0 Å². The van der Waals surface area contributed by atoms with Crippen LogP contribution in [0.2, 0.25) is 0 Å². The Kier molecular flexibility index (Phi) is 3.31. The summed E-state index contributed by atoms with van der Waals surface area (Å²) in [5.74, 6) is -0.580. The number of hydrogen-bond acceptors (Lipinski definition) is 4. The quantitative estimate of drug-likeness (QED) is 0.535. The minimum Gasteiger partial charge on any atom is -0.370 e. The molecule has 1 amide bonds. The molecule has 0 heterocycles. The minimum atomic E-state index is -3.43. The zero-order chi connectivity index (χ0) is 8.20. The summed E-state index contributed by atoms with van der Waals surface area (Å²) in [6.07, 6.45) is 0.834. The normalized spacial score (nSPS) is 11.3. The maximum atomic E-state index is 10.2. The van der Waals surface area contributed by atoms with Gasteiger partial charge in [0.1, 0.15) is 0 Å². The molecule has 0 aliphatic heterocycles. The van der Waals surface area contributed by atoms with Crippen LogP contribution < -0.4 is 5.73 Å². The number of rotatable bonds is 4. The van der Waals surface area contributed by atoms with E-state index in [4.69, 9.17) is 5.73 Å². The fourth-order valence-electron chi connectivity index (χ4n) is 0.294. The topological polar surface area (TPSA) is 86.5 Å². The highest BCUT2D eigenvalue weighted by Gasteiger charge is 2.01. The summed E-state index contributed by atoms with van der Waals surface area (Å²) < 4.78 is 24.7. The first-order chi connectivity index (χ1) is 4.42. The third kappa shape index (κ3) is 7.38. The van der Waals surface area contributed by atoms with Crippen molar-refractivity contribution < 1.29 is 17.4 Å². The molecule has 0 rings (SSSR count). The van der Waals surface area contributed by atoms with Crippen molar-refractivity contribution in [1.29, 1.82) is 0 Å². The smallest absolute Gasteiger partial charge is 0.264 e. The predicted molar refractivity (Wildman–Crippen MR) is 34.6 cm³/mol. The van der Waals surface area contributed by atoms with Crippen molar-refractivity contribution >= 4 is 16.0 Å². The Morgan fingerprint density at radius 2 is 2.10 bits per heavy atom. The lowest BCUT2D eigenvalue weighted by Gasteiger charge is -1.96. The summed E-state index contributed by atoms with van der Waals surface area (Å²) >= 11 is 0. The van der Waals surface area contributed by atoms with Crippen molar-refractivity contribution in [2.75, 3.05) is 12.9 Å². The van der Waals surface area contributed by atoms with Gasteiger partial charge in [-0.2, -0.15) is 8.42 Å². The van der Waals surface area contributed by atoms with Gasteiger partial charge in [-0.15, -0.1) is 0 Å². The molecule has 6 heteroatoms. The van der Waals surface area contributed by atoms with Crippen LogP contribution in [0, 0.1) is 0 Å². The summed E-state index contributed by atoms with van der Waals surface area (Å²) in [6.45, 7) is -0.172. The monoisotopic (exact) mass is 167 g/mol. The maximum absolute atomic E-state index is 10.2. The second-order valence-corrected chi connectivity index (χ2v) is 3.39. The fraction of sp³-hybridized carbons (Fsp3) is 0.750. The second kappa shape index (κ2) is 3.52. The highest BCUT2D eigenvalue weighted by atomic mass is 32.2. The number of amides is 1. The van der Waals surface area contributed by atoms with E-state index in [1.165, 1.54) is 0 Å². The largest absolute Gasteiger partial charge is 0.370 e. The lowest BCUT2D eigenvalue weighted by Crippen LogP contribution is -2.15. The molecule has 0 bridgehead atoms. The zero-order valence-electron chi connectivity index (χ0n) is 5.53. The van der Waals surface area contributed by atoms with Crippen LogP contribution in [0.25, 0.3) is 0 Å². The molecule has 2 N–H and O–H groups in total. The molecule has 0 atom stereocenters. The van der Waals surface area contributed by atoms with Gasteiger partial charge >= 0.3 is 0 Å². The minimum absolute atomic E-state index is 0.0763. The van der Waals surface area contributed by atoms with E-state index in [1.54, 1.807) is 0 Å². The van der Waals surface area contributed by atoms with E-state index in [2.05, 4.69) is 4.18 Å². The average molecular weight is 167 g/mol. The molecule has 10 heavy (non-hydrogen) atoms. The molecule has 0 aromatic rings. The summed E-state index contributed by atoms with van der Waals surface area (Å²) in [5.41, 5.74) is 4.71. The molecular weight excluding hydrogens is 158 g/mol. The fourth-order valence-corrected chi connectivity index (χ4v) is 0.680. The van der Waals surface area contributed by atoms with Crippen molar-refractivity contribution in [3.63, 3.8) is 0 Å². The van der Waals surface area contributed by atoms with Gasteiger partial charge in [-0.3, -0.25) is 8.98 Å². The highest BCUT2D eigenvalue weighted by molar-refractivity contribution is 7.85. The van der Waals surface area contributed by atoms with Crippen LogP contribution in [0.15, 0.2) is 0 Å². The summed E-state index contributed by atoms with van der Waals surface area (Å²) in [4.78, 5) is 10.0. The van der Waals surface area contributed by atoms with E-state index in [-0.39, 0.29) is 13.0 Å². The third-order valence-corrected chi connectivity index (χ3v) is 1.24. The number of nitrogens with two attached hydrogens (primary N) is 1. The van der Waals surface area contributed by atoms with Gasteiger partial charge in [0.05, 0.1) is 19.3 Å². The summed E-state index contributed by atoms with van der Waals surface area (Å²) in [6, 6.07) is 0. The molecule has 0 radical (unpaired) electrons. The van der Waals surface area contributed by atoms with Crippen LogP contribution >= 0.6 is 0 Å². The van der Waals surface area contributed by atoms with Crippen LogP contribution in [0.5, 0.6) is 0 Å². The average Bonchev–Trinajstić information content (AvgIpc) is 1.59. The summed E-state index contributed by atoms with van der Waals surface area (Å²) in [7, 11) is -3.43. The van der Waals surface area contributed by atoms with E-state index in [9.17, 15) is 13.2 Å². The van der Waals surface area contributed by atoms with Crippen LogP contribution in [0.4, 0.5) is 0 Å². The van der Waals surface area contributed by atoms with Crippen molar-refractivity contribution in [3.05, 3.63) is 0 Å². The number of carbonyl (C=O) groups is 1. The van der Waals surface area contributed by atoms with E-state index in [0.717, 1.165) is 6.26 Å². The lowest BCUT2D eigenvalue weighted by atomic mass is 10.4. The van der Waals surface area contributed by atoms with Gasteiger partial charge in [-0.25, -0.2) is 0 Å². The SMILES string of the molecule is CS(=O)(=O)OCCC(N)=O. The Labute approximate surface area is 59.3 Å². The highest BCUT2D eigenvalue weighted by Crippen LogP contribution is 1.87. The van der Waals surface area contributed by atoms with Crippen LogP contribution in [-0.2, 0) is 19.1 Å². The molecule has 5 nitrogen and oxygen atoms in total. The van der Waals surface area contributed by atoms with E-state index in [1.807, 2.05) is 0 Å². The zero-order valence-corrected chi connectivity index (χ0v) is 6.35. The molecule has 0 saturated heterocycles. The Hall–Kier alpha value is -0.620. The molecular formula is C4H9NO4S. The van der Waals surface area contributed by atoms with Crippen molar-refractivity contribution in [2.45, 2.75) is 6.42 Å². The second-order valence-electron chi connectivity index (χ2n) is 1.74. The van der Waals surface area contributed by atoms with Gasteiger partial charge in [0, 0.05) is 0 Å². The number of primary amides is 1. The van der Waals surface area contributed by atoms with Crippen LogP contribution in [0.1, 0.15) is 6.42 Å². The van der Waals surface area contributed by atoms with Gasteiger partial charge < -0.3 is 5.73 Å². The molecule has 0 fully saturated rings. The maximum Gasteiger partial charge on any atom is 0.264 e. The molecule has 0 aromatic heterocycles. The standard InChI is InChI=1S/C4H9NO4S/c1-10(7,8)9-3-2-4(5)6/h2-3H2,1H3,(H2,5,6). The van der Waals surface area contributed by atoms with Gasteiger partial charge in [0.15, 0.2) is 0 Å². The van der Waals surface area contributed by atoms with E-state index >= 15 is 0 Å². The molecule has 60 valence electrons. The third-order valence-electron chi connectivity index (χ3n) is 0.646. The molecule has 0 saturated carbocycles. The first-order valence-electron chi connectivity index (χ1n) is 2.54. The van der Waals surface area contributed by atoms with Gasteiger partial charge in [-0.05, 0) is 0 Å². The number of carbonyl (C=O) groups excluding carboxylic acids is 1. The lowest BCUT2D eigenvalue weighted by molar-refractivity contribution is -0.118. The molecule has 0 unspecified atom stereocenters. The molecule has 0 spiro atoms. The molecule has 0 aliphatic carbocycles. The van der Waals surface area contributed by atoms with Gasteiger partial charge in [0.2, 0.25) is 5.91 Å². The predicted octanol–water partition coefficient (Wildman–Crippen LogP) is -1.16. The van der Waals surface area contributed by atoms with Crippen molar-refractivity contribution in [2.24, 2.45) is 5.73 Å². The Bertz CT molecular complexity index is 207.